The molecule has 0 saturated carbocycles. The number of benzene rings is 1. The molecular weight excluding hydrogens is 308 g/mol. The highest BCUT2D eigenvalue weighted by Gasteiger charge is 2.28. The van der Waals surface area contributed by atoms with Crippen LogP contribution in [0.5, 0.6) is 11.5 Å². The molecule has 2 atom stereocenters. The fraction of sp³-hybridized carbons (Fsp3) is 0.611. The number of amides is 1. The van der Waals surface area contributed by atoms with Gasteiger partial charge in [0.1, 0.15) is 0 Å². The molecule has 1 saturated heterocycles. The van der Waals surface area contributed by atoms with Gasteiger partial charge in [-0.05, 0) is 39.0 Å². The largest absolute Gasteiger partial charge is 0.493 e. The van der Waals surface area contributed by atoms with Crippen LogP contribution in [-0.2, 0) is 0 Å². The minimum atomic E-state index is -0.356. The van der Waals surface area contributed by atoms with Crippen LogP contribution in [0.4, 0.5) is 0 Å². The molecule has 1 aliphatic rings. The molecule has 0 radical (unpaired) electrons. The van der Waals surface area contributed by atoms with Crippen molar-refractivity contribution >= 4 is 5.91 Å². The number of aliphatic hydroxyl groups excluding tert-OH is 1. The molecule has 1 fully saturated rings. The van der Waals surface area contributed by atoms with Gasteiger partial charge < -0.3 is 19.5 Å². The van der Waals surface area contributed by atoms with Crippen LogP contribution < -0.4 is 9.47 Å². The second-order valence-corrected chi connectivity index (χ2v) is 6.24. The van der Waals surface area contributed by atoms with Gasteiger partial charge in [-0.25, -0.2) is 0 Å². The number of aliphatic hydroxyl groups is 1. The van der Waals surface area contributed by atoms with Crippen LogP contribution in [0.1, 0.15) is 31.1 Å². The van der Waals surface area contributed by atoms with E-state index in [0.29, 0.717) is 43.3 Å². The third-order valence-corrected chi connectivity index (χ3v) is 4.26. The second kappa shape index (κ2) is 8.35. The van der Waals surface area contributed by atoms with Crippen molar-refractivity contribution in [3.05, 3.63) is 23.8 Å². The van der Waals surface area contributed by atoms with E-state index >= 15 is 0 Å². The topological polar surface area (TPSA) is 62.2 Å². The minimum Gasteiger partial charge on any atom is -0.493 e. The fourth-order valence-electron chi connectivity index (χ4n) is 3.05. The van der Waals surface area contributed by atoms with E-state index in [9.17, 15) is 9.90 Å². The third-order valence-electron chi connectivity index (χ3n) is 4.26. The molecule has 6 nitrogen and oxygen atoms in total. The third kappa shape index (κ3) is 4.39. The van der Waals surface area contributed by atoms with Crippen LogP contribution in [0.2, 0.25) is 0 Å². The number of piperazine rings is 1. The lowest BCUT2D eigenvalue weighted by Gasteiger charge is -2.40. The summed E-state index contributed by atoms with van der Waals surface area (Å²) in [6, 6.07) is 5.52. The van der Waals surface area contributed by atoms with Crippen molar-refractivity contribution < 1.29 is 19.4 Å². The van der Waals surface area contributed by atoms with Crippen LogP contribution in [0.15, 0.2) is 18.2 Å². The second-order valence-electron chi connectivity index (χ2n) is 6.24. The maximum atomic E-state index is 12.8. The number of hydrogen-bond acceptors (Lipinski definition) is 5. The Morgan fingerprint density at radius 2 is 2.12 bits per heavy atom. The van der Waals surface area contributed by atoms with Gasteiger partial charge in [0.05, 0.1) is 19.8 Å². The predicted molar refractivity (Wildman–Crippen MR) is 92.8 cm³/mol. The van der Waals surface area contributed by atoms with E-state index in [0.717, 1.165) is 6.54 Å². The number of rotatable bonds is 6. The van der Waals surface area contributed by atoms with E-state index in [1.807, 2.05) is 11.8 Å². The summed E-state index contributed by atoms with van der Waals surface area (Å²) >= 11 is 0. The highest BCUT2D eigenvalue weighted by Crippen LogP contribution is 2.28. The van der Waals surface area contributed by atoms with Gasteiger partial charge in [0.2, 0.25) is 0 Å². The number of carbonyl (C=O) groups excluding carboxylic acids is 1. The van der Waals surface area contributed by atoms with Gasteiger partial charge in [-0.15, -0.1) is 0 Å². The number of methoxy groups -OCH3 is 1. The lowest BCUT2D eigenvalue weighted by atomic mass is 10.1. The Hall–Kier alpha value is -1.79. The highest BCUT2D eigenvalue weighted by molar-refractivity contribution is 5.95. The van der Waals surface area contributed by atoms with Crippen molar-refractivity contribution in [2.75, 3.05) is 39.9 Å². The highest BCUT2D eigenvalue weighted by atomic mass is 16.5. The number of hydrogen-bond donors (Lipinski definition) is 1. The molecule has 0 bridgehead atoms. The molecular formula is C18H28N2O4. The Bertz CT molecular complexity index is 562. The van der Waals surface area contributed by atoms with E-state index in [-0.39, 0.29) is 18.1 Å². The Kier molecular flexibility index (Phi) is 6.45. The summed E-state index contributed by atoms with van der Waals surface area (Å²) in [6.45, 7) is 9.05. The quantitative estimate of drug-likeness (QED) is 0.855. The molecule has 0 spiro atoms. The molecule has 0 unspecified atom stereocenters. The molecule has 1 amide bonds. The van der Waals surface area contributed by atoms with Crippen molar-refractivity contribution in [2.45, 2.75) is 32.9 Å². The first-order valence-corrected chi connectivity index (χ1v) is 8.48. The lowest BCUT2D eigenvalue weighted by molar-refractivity contribution is 0.0365. The zero-order valence-corrected chi connectivity index (χ0v) is 15.0. The van der Waals surface area contributed by atoms with E-state index in [4.69, 9.17) is 9.47 Å². The number of nitrogens with zero attached hydrogens (tertiary/aromatic N) is 2. The molecule has 0 aromatic heterocycles. The number of β-amino-alcohol motifs (C(OH)–C–C–N with tert-alkyl or cyclic N) is 1. The zero-order chi connectivity index (χ0) is 17.7. The van der Waals surface area contributed by atoms with Gasteiger partial charge in [-0.2, -0.15) is 0 Å². The van der Waals surface area contributed by atoms with Gasteiger partial charge in [0.15, 0.2) is 11.5 Å². The summed E-state index contributed by atoms with van der Waals surface area (Å²) in [6.07, 6.45) is -0.356. The van der Waals surface area contributed by atoms with Crippen LogP contribution in [-0.4, -0.2) is 72.9 Å². The molecule has 24 heavy (non-hydrogen) atoms. The Labute approximate surface area is 144 Å². The maximum Gasteiger partial charge on any atom is 0.254 e. The summed E-state index contributed by atoms with van der Waals surface area (Å²) < 4.78 is 10.8. The average Bonchev–Trinajstić information content (AvgIpc) is 2.56. The van der Waals surface area contributed by atoms with Crippen molar-refractivity contribution in [3.63, 3.8) is 0 Å². The van der Waals surface area contributed by atoms with Gasteiger partial charge in [-0.1, -0.05) is 0 Å². The van der Waals surface area contributed by atoms with E-state index in [1.165, 1.54) is 0 Å². The van der Waals surface area contributed by atoms with Crippen LogP contribution >= 0.6 is 0 Å². The summed E-state index contributed by atoms with van der Waals surface area (Å²) in [5.41, 5.74) is 0.603. The van der Waals surface area contributed by atoms with Crippen molar-refractivity contribution in [1.29, 1.82) is 0 Å². The first kappa shape index (κ1) is 18.5. The van der Waals surface area contributed by atoms with E-state index in [2.05, 4.69) is 11.8 Å². The molecule has 0 aliphatic carbocycles. The zero-order valence-electron chi connectivity index (χ0n) is 15.0. The Balaban J connectivity index is 2.07. The molecule has 1 N–H and O–H groups in total. The molecule has 2 rings (SSSR count). The van der Waals surface area contributed by atoms with Crippen LogP contribution in [0.3, 0.4) is 0 Å². The van der Waals surface area contributed by atoms with Crippen LogP contribution in [0.25, 0.3) is 0 Å². The molecule has 134 valence electrons. The molecule has 1 aromatic carbocycles. The number of ether oxygens (including phenoxy) is 2. The van der Waals surface area contributed by atoms with Gasteiger partial charge >= 0.3 is 0 Å². The Morgan fingerprint density at radius 1 is 1.38 bits per heavy atom. The van der Waals surface area contributed by atoms with Gasteiger partial charge in [0.25, 0.3) is 5.91 Å². The first-order valence-electron chi connectivity index (χ1n) is 8.48. The minimum absolute atomic E-state index is 0.0000968. The summed E-state index contributed by atoms with van der Waals surface area (Å²) in [7, 11) is 1.57. The van der Waals surface area contributed by atoms with E-state index in [1.54, 1.807) is 32.2 Å². The molecule has 1 aromatic rings. The molecule has 1 heterocycles. The average molecular weight is 336 g/mol. The smallest absolute Gasteiger partial charge is 0.254 e. The predicted octanol–water partition coefficient (Wildman–Crippen LogP) is 1.62. The Morgan fingerprint density at radius 3 is 2.71 bits per heavy atom. The monoisotopic (exact) mass is 336 g/mol. The normalized spacial score (nSPS) is 19.9. The fourth-order valence-corrected chi connectivity index (χ4v) is 3.05. The van der Waals surface area contributed by atoms with Crippen LogP contribution in [0, 0.1) is 0 Å². The summed E-state index contributed by atoms with van der Waals surface area (Å²) in [5.74, 6) is 1.22. The van der Waals surface area contributed by atoms with Crippen molar-refractivity contribution in [1.82, 2.24) is 9.80 Å². The van der Waals surface area contributed by atoms with Crippen molar-refractivity contribution in [2.24, 2.45) is 0 Å². The molecule has 6 heteroatoms. The van der Waals surface area contributed by atoms with Gasteiger partial charge in [0, 0.05) is 37.8 Å². The first-order chi connectivity index (χ1) is 11.5. The van der Waals surface area contributed by atoms with Gasteiger partial charge in [-0.3, -0.25) is 9.69 Å². The maximum absolute atomic E-state index is 12.8. The summed E-state index contributed by atoms with van der Waals surface area (Å²) in [5, 5.41) is 9.55. The number of carbonyl (C=O) groups is 1. The standard InChI is InChI=1S/C18H28N2O4/c1-5-24-16-7-6-15(10-17(16)23-4)18(22)20-9-8-19(12-14(3)21)13(2)11-20/h6-7,10,13-14,21H,5,8-9,11-12H2,1-4H3/t13-,14+/m1/s1. The SMILES string of the molecule is CCOc1ccc(C(=O)N2CCN(C[C@H](C)O)[C@H](C)C2)cc1OC. The molecule has 1 aliphatic heterocycles. The summed E-state index contributed by atoms with van der Waals surface area (Å²) in [4.78, 5) is 16.8. The lowest BCUT2D eigenvalue weighted by Crippen LogP contribution is -2.54. The van der Waals surface area contributed by atoms with Crippen molar-refractivity contribution in [3.8, 4) is 11.5 Å². The van der Waals surface area contributed by atoms with E-state index < -0.39 is 0 Å².